The highest BCUT2D eigenvalue weighted by Gasteiger charge is 2.46. The number of ether oxygens (including phenoxy) is 2. The zero-order valence-electron chi connectivity index (χ0n) is 12.2. The average molecular weight is 309 g/mol. The van der Waals surface area contributed by atoms with Crippen molar-refractivity contribution in [3.8, 4) is 0 Å². The third-order valence-electron chi connectivity index (χ3n) is 3.31. The molecule has 1 aliphatic rings. The van der Waals surface area contributed by atoms with Crippen LogP contribution in [0.25, 0.3) is 0 Å². The summed E-state index contributed by atoms with van der Waals surface area (Å²) in [4.78, 5) is 23.6. The molecule has 2 rings (SSSR count). The number of halogens is 1. The predicted molar refractivity (Wildman–Crippen MR) is 76.8 cm³/mol. The van der Waals surface area contributed by atoms with Crippen molar-refractivity contribution in [2.75, 3.05) is 26.1 Å². The number of carbonyl (C=O) groups is 2. The number of nitrogens with one attached hydrogen (secondary N) is 2. The molecule has 22 heavy (non-hydrogen) atoms. The summed E-state index contributed by atoms with van der Waals surface area (Å²) in [6.07, 6.45) is 0.0283. The molecule has 2 N–H and O–H groups in total. The Morgan fingerprint density at radius 3 is 2.59 bits per heavy atom. The maximum absolute atomic E-state index is 12.9. The fourth-order valence-corrected chi connectivity index (χ4v) is 2.08. The van der Waals surface area contributed by atoms with E-state index < -0.39 is 17.5 Å². The molecule has 1 aromatic rings. The van der Waals surface area contributed by atoms with E-state index in [0.717, 1.165) is 0 Å². The van der Waals surface area contributed by atoms with Crippen LogP contribution >= 0.6 is 0 Å². The molecule has 0 spiro atoms. The summed E-state index contributed by atoms with van der Waals surface area (Å²) in [6.45, 7) is 0.106. The Balaban J connectivity index is 2.10. The molecule has 1 unspecified atom stereocenters. The molecule has 0 saturated carbocycles. The topological polar surface area (TPSA) is 89.0 Å². The van der Waals surface area contributed by atoms with Crippen LogP contribution in [0.1, 0.15) is 6.42 Å². The second-order valence-electron chi connectivity index (χ2n) is 4.77. The van der Waals surface area contributed by atoms with Crippen LogP contribution in [-0.4, -0.2) is 44.0 Å². The molecule has 7 nitrogen and oxygen atoms in total. The Bertz CT molecular complexity index is 603. The van der Waals surface area contributed by atoms with Crippen molar-refractivity contribution in [1.82, 2.24) is 5.43 Å². The van der Waals surface area contributed by atoms with Gasteiger partial charge in [0.15, 0.2) is 5.54 Å². The molecule has 0 bridgehead atoms. The molecule has 0 radical (unpaired) electrons. The smallest absolute Gasteiger partial charge is 0.354 e. The molecule has 1 aromatic carbocycles. The first-order valence-corrected chi connectivity index (χ1v) is 6.50. The molecule has 0 saturated heterocycles. The summed E-state index contributed by atoms with van der Waals surface area (Å²) in [5.41, 5.74) is 2.16. The maximum atomic E-state index is 12.9. The van der Waals surface area contributed by atoms with Crippen molar-refractivity contribution >= 4 is 23.3 Å². The van der Waals surface area contributed by atoms with E-state index in [1.165, 1.54) is 38.5 Å². The Morgan fingerprint density at radius 1 is 1.32 bits per heavy atom. The molecule has 1 heterocycles. The third kappa shape index (κ3) is 3.16. The van der Waals surface area contributed by atoms with Crippen LogP contribution in [0.4, 0.5) is 10.1 Å². The van der Waals surface area contributed by atoms with E-state index >= 15 is 0 Å². The van der Waals surface area contributed by atoms with Gasteiger partial charge in [0.05, 0.1) is 20.8 Å². The van der Waals surface area contributed by atoms with E-state index in [0.29, 0.717) is 5.69 Å². The summed E-state index contributed by atoms with van der Waals surface area (Å²) >= 11 is 0. The number of hydrogen-bond acceptors (Lipinski definition) is 7. The Hall–Kier alpha value is -2.64. The summed E-state index contributed by atoms with van der Waals surface area (Å²) in [6, 6.07) is 5.67. The van der Waals surface area contributed by atoms with Gasteiger partial charge in [-0.2, -0.15) is 5.10 Å². The van der Waals surface area contributed by atoms with E-state index in [-0.39, 0.29) is 24.5 Å². The first-order valence-electron chi connectivity index (χ1n) is 6.50. The van der Waals surface area contributed by atoms with E-state index in [1.54, 1.807) is 0 Å². The molecule has 1 aliphatic heterocycles. The standard InChI is InChI=1S/C14H16FN3O4/c1-21-12(19)11-7-14(18-17-11,13(20)22-2)8-16-10-5-3-9(15)4-6-10/h3-6,16,18H,7-8H2,1-2H3. The number of carbonyl (C=O) groups excluding carboxylic acids is 2. The molecule has 0 aliphatic carbocycles. The van der Waals surface area contributed by atoms with Crippen molar-refractivity contribution < 1.29 is 23.5 Å². The molecular weight excluding hydrogens is 293 g/mol. The predicted octanol–water partition coefficient (Wildman–Crippen LogP) is 0.672. The summed E-state index contributed by atoms with van der Waals surface area (Å²) in [5.74, 6) is -1.53. The normalized spacial score (nSPS) is 19.9. The molecule has 8 heteroatoms. The average Bonchev–Trinajstić information content (AvgIpc) is 2.98. The molecular formula is C14H16FN3O4. The van der Waals surface area contributed by atoms with Gasteiger partial charge in [-0.1, -0.05) is 0 Å². The van der Waals surface area contributed by atoms with Gasteiger partial charge in [-0.05, 0) is 24.3 Å². The molecule has 0 fully saturated rings. The minimum Gasteiger partial charge on any atom is -0.467 e. The quantitative estimate of drug-likeness (QED) is 0.777. The molecule has 0 amide bonds. The maximum Gasteiger partial charge on any atom is 0.354 e. The van der Waals surface area contributed by atoms with Crippen molar-refractivity contribution in [3.05, 3.63) is 30.1 Å². The van der Waals surface area contributed by atoms with Gasteiger partial charge < -0.3 is 14.8 Å². The zero-order valence-corrected chi connectivity index (χ0v) is 12.2. The second-order valence-corrected chi connectivity index (χ2v) is 4.77. The molecule has 118 valence electrons. The summed E-state index contributed by atoms with van der Waals surface area (Å²) in [7, 11) is 2.49. The van der Waals surface area contributed by atoms with E-state index in [2.05, 4.69) is 20.6 Å². The summed E-state index contributed by atoms with van der Waals surface area (Å²) in [5, 5.41) is 6.84. The lowest BCUT2D eigenvalue weighted by Gasteiger charge is -2.26. The van der Waals surface area contributed by atoms with Crippen LogP contribution in [0.2, 0.25) is 0 Å². The van der Waals surface area contributed by atoms with Crippen molar-refractivity contribution in [1.29, 1.82) is 0 Å². The van der Waals surface area contributed by atoms with E-state index in [1.807, 2.05) is 0 Å². The lowest BCUT2D eigenvalue weighted by molar-refractivity contribution is -0.147. The lowest BCUT2D eigenvalue weighted by atomic mass is 9.94. The number of hydrazone groups is 1. The lowest BCUT2D eigenvalue weighted by Crippen LogP contribution is -2.53. The van der Waals surface area contributed by atoms with Gasteiger partial charge in [-0.3, -0.25) is 5.43 Å². The second kappa shape index (κ2) is 6.42. The van der Waals surface area contributed by atoms with Crippen LogP contribution in [0.15, 0.2) is 29.4 Å². The van der Waals surface area contributed by atoms with Crippen LogP contribution in [0, 0.1) is 5.82 Å². The monoisotopic (exact) mass is 309 g/mol. The van der Waals surface area contributed by atoms with Gasteiger partial charge in [0, 0.05) is 12.1 Å². The third-order valence-corrected chi connectivity index (χ3v) is 3.31. The van der Waals surface area contributed by atoms with Crippen LogP contribution in [0.3, 0.4) is 0 Å². The van der Waals surface area contributed by atoms with Gasteiger partial charge in [-0.25, -0.2) is 14.0 Å². The highest BCUT2D eigenvalue weighted by Crippen LogP contribution is 2.21. The van der Waals surface area contributed by atoms with Crippen molar-refractivity contribution in [3.63, 3.8) is 0 Å². The Kier molecular flexibility index (Phi) is 4.59. The fraction of sp³-hybridized carbons (Fsp3) is 0.357. The fourth-order valence-electron chi connectivity index (χ4n) is 2.08. The zero-order chi connectivity index (χ0) is 16.2. The Morgan fingerprint density at radius 2 is 2.00 bits per heavy atom. The van der Waals surface area contributed by atoms with Crippen molar-refractivity contribution in [2.45, 2.75) is 12.0 Å². The van der Waals surface area contributed by atoms with E-state index in [4.69, 9.17) is 4.74 Å². The first kappa shape index (κ1) is 15.7. The number of anilines is 1. The molecule has 0 aromatic heterocycles. The van der Waals surface area contributed by atoms with Gasteiger partial charge in [0.1, 0.15) is 11.5 Å². The number of methoxy groups -OCH3 is 2. The van der Waals surface area contributed by atoms with Gasteiger partial charge in [0.2, 0.25) is 0 Å². The Labute approximate surface area is 126 Å². The van der Waals surface area contributed by atoms with Gasteiger partial charge >= 0.3 is 11.9 Å². The first-order chi connectivity index (χ1) is 10.5. The number of rotatable bonds is 5. The van der Waals surface area contributed by atoms with Crippen LogP contribution in [0.5, 0.6) is 0 Å². The number of esters is 2. The SMILES string of the molecule is COC(=O)C1=NNC(CNc2ccc(F)cc2)(C(=O)OC)C1. The van der Waals surface area contributed by atoms with E-state index in [9.17, 15) is 14.0 Å². The largest absolute Gasteiger partial charge is 0.467 e. The molecule has 1 atom stereocenters. The minimum absolute atomic E-state index is 0.0283. The van der Waals surface area contributed by atoms with Gasteiger partial charge in [0.25, 0.3) is 0 Å². The minimum atomic E-state index is -1.22. The van der Waals surface area contributed by atoms with Crippen LogP contribution in [-0.2, 0) is 19.1 Å². The highest BCUT2D eigenvalue weighted by molar-refractivity contribution is 6.37. The van der Waals surface area contributed by atoms with Crippen LogP contribution < -0.4 is 10.7 Å². The van der Waals surface area contributed by atoms with Gasteiger partial charge in [-0.15, -0.1) is 0 Å². The highest BCUT2D eigenvalue weighted by atomic mass is 19.1. The number of nitrogens with zero attached hydrogens (tertiary/aromatic N) is 1. The van der Waals surface area contributed by atoms with Crippen molar-refractivity contribution in [2.24, 2.45) is 5.10 Å². The number of hydrogen-bond donors (Lipinski definition) is 2. The summed E-state index contributed by atoms with van der Waals surface area (Å²) < 4.78 is 22.3. The number of benzene rings is 1.